The molecule has 3 heteroatoms. The molecule has 2 heterocycles. The Hall–Kier alpha value is -0.900. The second kappa shape index (κ2) is 6.47. The summed E-state index contributed by atoms with van der Waals surface area (Å²) in [4.78, 5) is 5.31. The van der Waals surface area contributed by atoms with Crippen molar-refractivity contribution in [2.24, 2.45) is 5.73 Å². The minimum Gasteiger partial charge on any atom is -0.329 e. The summed E-state index contributed by atoms with van der Waals surface area (Å²) in [6.45, 7) is 7.78. The van der Waals surface area contributed by atoms with Gasteiger partial charge in [-0.25, -0.2) is 0 Å². The highest BCUT2D eigenvalue weighted by atomic mass is 15.3. The first kappa shape index (κ1) is 15.0. The molecule has 2 aliphatic heterocycles. The van der Waals surface area contributed by atoms with Gasteiger partial charge in [0, 0.05) is 37.8 Å². The van der Waals surface area contributed by atoms with Crippen LogP contribution in [0, 0.1) is 0 Å². The normalized spacial score (nSPS) is 31.6. The first-order valence-electron chi connectivity index (χ1n) is 8.47. The average Bonchev–Trinajstić information content (AvgIpc) is 2.93. The Morgan fingerprint density at radius 3 is 2.71 bits per heavy atom. The number of hydrogen-bond acceptors (Lipinski definition) is 3. The van der Waals surface area contributed by atoms with Crippen molar-refractivity contribution in [1.29, 1.82) is 0 Å². The molecule has 1 aromatic carbocycles. The van der Waals surface area contributed by atoms with Gasteiger partial charge in [-0.05, 0) is 38.3 Å². The van der Waals surface area contributed by atoms with Gasteiger partial charge < -0.3 is 5.73 Å². The van der Waals surface area contributed by atoms with Crippen molar-refractivity contribution in [2.45, 2.75) is 50.7 Å². The topological polar surface area (TPSA) is 32.5 Å². The van der Waals surface area contributed by atoms with E-state index in [1.807, 2.05) is 0 Å². The van der Waals surface area contributed by atoms with Crippen LogP contribution in [0.5, 0.6) is 0 Å². The zero-order valence-corrected chi connectivity index (χ0v) is 13.3. The molecule has 2 unspecified atom stereocenters. The first-order valence-corrected chi connectivity index (χ1v) is 8.47. The van der Waals surface area contributed by atoms with E-state index in [1.165, 1.54) is 44.3 Å². The Morgan fingerprint density at radius 1 is 1.19 bits per heavy atom. The van der Waals surface area contributed by atoms with E-state index in [0.717, 1.165) is 19.6 Å². The Balaban J connectivity index is 1.68. The molecule has 2 atom stereocenters. The van der Waals surface area contributed by atoms with Gasteiger partial charge in [-0.1, -0.05) is 36.8 Å². The van der Waals surface area contributed by atoms with Gasteiger partial charge in [-0.15, -0.1) is 0 Å². The molecule has 0 aromatic heterocycles. The maximum atomic E-state index is 6.25. The van der Waals surface area contributed by atoms with E-state index in [-0.39, 0.29) is 5.54 Å². The number of nitrogens with zero attached hydrogens (tertiary/aromatic N) is 2. The Kier molecular flexibility index (Phi) is 4.63. The van der Waals surface area contributed by atoms with E-state index in [2.05, 4.69) is 47.1 Å². The third-order valence-corrected chi connectivity index (χ3v) is 5.45. The SMILES string of the molecule is CC1CCCCN1C1(CN)CCN(Cc2ccccc2)C1. The lowest BCUT2D eigenvalue weighted by molar-refractivity contribution is 0.0345. The molecule has 0 saturated carbocycles. The van der Waals surface area contributed by atoms with Crippen LogP contribution in [0.2, 0.25) is 0 Å². The van der Waals surface area contributed by atoms with E-state index in [4.69, 9.17) is 5.73 Å². The summed E-state index contributed by atoms with van der Waals surface area (Å²) >= 11 is 0. The summed E-state index contributed by atoms with van der Waals surface area (Å²) in [6.07, 6.45) is 5.28. The number of benzene rings is 1. The molecule has 3 rings (SSSR count). The van der Waals surface area contributed by atoms with Gasteiger partial charge in [0.25, 0.3) is 0 Å². The molecule has 1 aromatic rings. The number of nitrogens with two attached hydrogens (primary N) is 1. The van der Waals surface area contributed by atoms with E-state index < -0.39 is 0 Å². The lowest BCUT2D eigenvalue weighted by atomic mass is 9.90. The summed E-state index contributed by atoms with van der Waals surface area (Å²) in [5.74, 6) is 0. The smallest absolute Gasteiger partial charge is 0.0473 e. The highest BCUT2D eigenvalue weighted by Crippen LogP contribution is 2.33. The molecule has 0 radical (unpaired) electrons. The lowest BCUT2D eigenvalue weighted by Gasteiger charge is -2.46. The van der Waals surface area contributed by atoms with Gasteiger partial charge in [-0.2, -0.15) is 0 Å². The van der Waals surface area contributed by atoms with E-state index in [9.17, 15) is 0 Å². The van der Waals surface area contributed by atoms with Crippen molar-refractivity contribution in [1.82, 2.24) is 9.80 Å². The van der Waals surface area contributed by atoms with Gasteiger partial charge in [0.1, 0.15) is 0 Å². The van der Waals surface area contributed by atoms with E-state index in [0.29, 0.717) is 6.04 Å². The van der Waals surface area contributed by atoms with Crippen LogP contribution >= 0.6 is 0 Å². The zero-order valence-electron chi connectivity index (χ0n) is 13.3. The number of rotatable bonds is 4. The lowest BCUT2D eigenvalue weighted by Crippen LogP contribution is -2.60. The van der Waals surface area contributed by atoms with Crippen LogP contribution in [0.3, 0.4) is 0 Å². The molecule has 0 spiro atoms. The molecule has 0 aliphatic carbocycles. The van der Waals surface area contributed by atoms with E-state index >= 15 is 0 Å². The molecule has 0 amide bonds. The molecule has 21 heavy (non-hydrogen) atoms. The summed E-state index contributed by atoms with van der Waals surface area (Å²) in [5.41, 5.74) is 7.88. The third-order valence-electron chi connectivity index (χ3n) is 5.45. The summed E-state index contributed by atoms with van der Waals surface area (Å²) < 4.78 is 0. The second-order valence-corrected chi connectivity index (χ2v) is 6.91. The molecule has 2 fully saturated rings. The molecular weight excluding hydrogens is 258 g/mol. The molecule has 3 nitrogen and oxygen atoms in total. The zero-order chi connectivity index (χ0) is 14.7. The monoisotopic (exact) mass is 287 g/mol. The number of hydrogen-bond donors (Lipinski definition) is 1. The van der Waals surface area contributed by atoms with Crippen molar-refractivity contribution in [3.05, 3.63) is 35.9 Å². The van der Waals surface area contributed by atoms with Crippen LogP contribution in [0.15, 0.2) is 30.3 Å². The predicted molar refractivity (Wildman–Crippen MR) is 88.1 cm³/mol. The first-order chi connectivity index (χ1) is 10.2. The van der Waals surface area contributed by atoms with Gasteiger partial charge in [-0.3, -0.25) is 9.80 Å². The van der Waals surface area contributed by atoms with Crippen molar-refractivity contribution in [3.63, 3.8) is 0 Å². The summed E-state index contributed by atoms with van der Waals surface area (Å²) in [7, 11) is 0. The molecule has 0 bridgehead atoms. The number of piperidine rings is 1. The largest absolute Gasteiger partial charge is 0.329 e. The maximum absolute atomic E-state index is 6.25. The molecule has 2 saturated heterocycles. The van der Waals surface area contributed by atoms with Crippen molar-refractivity contribution in [3.8, 4) is 0 Å². The fourth-order valence-corrected chi connectivity index (χ4v) is 4.24. The predicted octanol–water partition coefficient (Wildman–Crippen LogP) is 2.46. The summed E-state index contributed by atoms with van der Waals surface area (Å²) in [6, 6.07) is 11.5. The highest BCUT2D eigenvalue weighted by molar-refractivity contribution is 5.15. The van der Waals surface area contributed by atoms with Crippen LogP contribution in [-0.4, -0.2) is 47.6 Å². The Morgan fingerprint density at radius 2 is 2.00 bits per heavy atom. The summed E-state index contributed by atoms with van der Waals surface area (Å²) in [5, 5.41) is 0. The quantitative estimate of drug-likeness (QED) is 0.923. The minimum absolute atomic E-state index is 0.217. The van der Waals surface area contributed by atoms with Crippen molar-refractivity contribution >= 4 is 0 Å². The fourth-order valence-electron chi connectivity index (χ4n) is 4.24. The molecule has 2 N–H and O–H groups in total. The average molecular weight is 287 g/mol. The van der Waals surface area contributed by atoms with Crippen molar-refractivity contribution < 1.29 is 0 Å². The van der Waals surface area contributed by atoms with Crippen LogP contribution in [-0.2, 0) is 6.54 Å². The Labute approximate surface area is 129 Å². The third kappa shape index (κ3) is 3.15. The van der Waals surface area contributed by atoms with Crippen LogP contribution in [0.25, 0.3) is 0 Å². The van der Waals surface area contributed by atoms with Gasteiger partial charge in [0.05, 0.1) is 0 Å². The Bertz CT molecular complexity index is 447. The van der Waals surface area contributed by atoms with Gasteiger partial charge in [0.2, 0.25) is 0 Å². The van der Waals surface area contributed by atoms with Crippen LogP contribution in [0.4, 0.5) is 0 Å². The van der Waals surface area contributed by atoms with Gasteiger partial charge in [0.15, 0.2) is 0 Å². The minimum atomic E-state index is 0.217. The standard InChI is InChI=1S/C18H29N3/c1-16-7-5-6-11-21(16)18(14-19)10-12-20(15-18)13-17-8-3-2-4-9-17/h2-4,8-9,16H,5-7,10-15,19H2,1H3. The van der Waals surface area contributed by atoms with E-state index in [1.54, 1.807) is 0 Å². The fraction of sp³-hybridized carbons (Fsp3) is 0.667. The van der Waals surface area contributed by atoms with Gasteiger partial charge >= 0.3 is 0 Å². The highest BCUT2D eigenvalue weighted by Gasteiger charge is 2.44. The second-order valence-electron chi connectivity index (χ2n) is 6.91. The molecule has 2 aliphatic rings. The molecular formula is C18H29N3. The molecule has 116 valence electrons. The maximum Gasteiger partial charge on any atom is 0.0473 e. The van der Waals surface area contributed by atoms with Crippen LogP contribution in [0.1, 0.15) is 38.2 Å². The van der Waals surface area contributed by atoms with Crippen LogP contribution < -0.4 is 5.73 Å². The number of likely N-dealkylation sites (tertiary alicyclic amines) is 2. The van der Waals surface area contributed by atoms with Crippen molar-refractivity contribution in [2.75, 3.05) is 26.2 Å².